The van der Waals surface area contributed by atoms with Gasteiger partial charge in [-0.2, -0.15) is 0 Å². The molecule has 0 aliphatic heterocycles. The molecule has 6 heteroatoms. The number of fused-ring (bicyclic) bond motifs is 1. The molecule has 0 saturated heterocycles. The van der Waals surface area contributed by atoms with E-state index < -0.39 is 0 Å². The molecule has 0 saturated carbocycles. The molecule has 2 aromatic carbocycles. The Morgan fingerprint density at radius 3 is 2.52 bits per heavy atom. The second-order valence-electron chi connectivity index (χ2n) is 4.65. The topological polar surface area (TPSA) is 17.8 Å². The van der Waals surface area contributed by atoms with Crippen LogP contribution < -0.4 is 0 Å². The molecule has 0 aliphatic rings. The van der Waals surface area contributed by atoms with Gasteiger partial charge in [-0.15, -0.1) is 11.6 Å². The van der Waals surface area contributed by atoms with Crippen molar-refractivity contribution in [2.24, 2.45) is 0 Å². The Labute approximate surface area is 151 Å². The molecule has 0 bridgehead atoms. The molecule has 1 atom stereocenters. The number of rotatable bonds is 2. The van der Waals surface area contributed by atoms with Crippen LogP contribution >= 0.6 is 57.4 Å². The predicted octanol–water partition coefficient (Wildman–Crippen LogP) is 6.24. The normalized spacial score (nSPS) is 12.8. The molecular formula is C15H10Cl3IN2. The van der Waals surface area contributed by atoms with E-state index in [2.05, 4.69) is 27.6 Å². The molecule has 3 rings (SSSR count). The van der Waals surface area contributed by atoms with E-state index in [9.17, 15) is 0 Å². The smallest absolute Gasteiger partial charge is 0.132 e. The fourth-order valence-electron chi connectivity index (χ4n) is 2.23. The molecule has 1 heterocycles. The Hall–Kier alpha value is -0.490. The standard InChI is InChI=1S/C15H10Cl3IN2/c1-8(16)15-20-13-6-9(19)2-5-14(13)21(15)10-3-4-11(17)12(18)7-10/h2-8H,1H3. The van der Waals surface area contributed by atoms with Crippen molar-refractivity contribution >= 4 is 68.4 Å². The van der Waals surface area contributed by atoms with Gasteiger partial charge in [0, 0.05) is 9.26 Å². The zero-order valence-electron chi connectivity index (χ0n) is 10.9. The first-order valence-corrected chi connectivity index (χ1v) is 8.52. The molecule has 3 aromatic rings. The summed E-state index contributed by atoms with van der Waals surface area (Å²) in [4.78, 5) is 4.65. The van der Waals surface area contributed by atoms with Crippen LogP contribution in [-0.2, 0) is 0 Å². The van der Waals surface area contributed by atoms with E-state index in [1.54, 1.807) is 6.07 Å². The summed E-state index contributed by atoms with van der Waals surface area (Å²) in [6.45, 7) is 1.90. The predicted molar refractivity (Wildman–Crippen MR) is 98.1 cm³/mol. The quantitative estimate of drug-likeness (QED) is 0.333. The van der Waals surface area contributed by atoms with Crippen LogP contribution in [0.2, 0.25) is 10.0 Å². The van der Waals surface area contributed by atoms with Gasteiger partial charge in [-0.3, -0.25) is 4.57 Å². The van der Waals surface area contributed by atoms with Gasteiger partial charge in [0.1, 0.15) is 5.82 Å². The van der Waals surface area contributed by atoms with Gasteiger partial charge in [0.15, 0.2) is 0 Å². The van der Waals surface area contributed by atoms with Crippen LogP contribution in [0.5, 0.6) is 0 Å². The van der Waals surface area contributed by atoms with Crippen LogP contribution in [0.4, 0.5) is 0 Å². The lowest BCUT2D eigenvalue weighted by atomic mass is 10.2. The molecule has 2 nitrogen and oxygen atoms in total. The Morgan fingerprint density at radius 2 is 1.86 bits per heavy atom. The van der Waals surface area contributed by atoms with Gasteiger partial charge in [0.25, 0.3) is 0 Å². The monoisotopic (exact) mass is 450 g/mol. The molecule has 0 N–H and O–H groups in total. The summed E-state index contributed by atoms with van der Waals surface area (Å²) in [5.41, 5.74) is 2.81. The van der Waals surface area contributed by atoms with Gasteiger partial charge < -0.3 is 0 Å². The van der Waals surface area contributed by atoms with Crippen molar-refractivity contribution in [1.29, 1.82) is 0 Å². The largest absolute Gasteiger partial charge is 0.295 e. The van der Waals surface area contributed by atoms with E-state index in [4.69, 9.17) is 34.8 Å². The highest BCUT2D eigenvalue weighted by atomic mass is 127. The number of imidazole rings is 1. The van der Waals surface area contributed by atoms with E-state index in [0.29, 0.717) is 10.0 Å². The number of halogens is 4. The summed E-state index contributed by atoms with van der Waals surface area (Å²) in [5.74, 6) is 0.784. The fraction of sp³-hybridized carbons (Fsp3) is 0.133. The molecular weight excluding hydrogens is 441 g/mol. The summed E-state index contributed by atoms with van der Waals surface area (Å²) in [6.07, 6.45) is 0. The van der Waals surface area contributed by atoms with Gasteiger partial charge >= 0.3 is 0 Å². The number of hydrogen-bond donors (Lipinski definition) is 0. The maximum Gasteiger partial charge on any atom is 0.132 e. The van der Waals surface area contributed by atoms with E-state index in [1.807, 2.05) is 41.8 Å². The van der Waals surface area contributed by atoms with Crippen LogP contribution in [0.25, 0.3) is 16.7 Å². The average Bonchev–Trinajstić information content (AvgIpc) is 2.80. The first-order valence-electron chi connectivity index (χ1n) is 6.25. The first kappa shape index (κ1) is 15.4. The third-order valence-electron chi connectivity index (χ3n) is 3.16. The van der Waals surface area contributed by atoms with Crippen LogP contribution in [-0.4, -0.2) is 9.55 Å². The lowest BCUT2D eigenvalue weighted by Gasteiger charge is -2.11. The van der Waals surface area contributed by atoms with Gasteiger partial charge in [-0.05, 0) is 65.9 Å². The van der Waals surface area contributed by atoms with Crippen LogP contribution in [0, 0.1) is 3.57 Å². The van der Waals surface area contributed by atoms with E-state index >= 15 is 0 Å². The molecule has 0 radical (unpaired) electrons. The Balaban J connectivity index is 2.33. The third kappa shape index (κ3) is 2.89. The van der Waals surface area contributed by atoms with Gasteiger partial charge in [0.05, 0.1) is 26.5 Å². The molecule has 0 aliphatic carbocycles. The van der Waals surface area contributed by atoms with Crippen molar-refractivity contribution in [2.45, 2.75) is 12.3 Å². The molecule has 1 aromatic heterocycles. The summed E-state index contributed by atoms with van der Waals surface area (Å²) in [5, 5.41) is 0.819. The second kappa shape index (κ2) is 5.95. The molecule has 1 unspecified atom stereocenters. The highest BCUT2D eigenvalue weighted by molar-refractivity contribution is 14.1. The minimum absolute atomic E-state index is 0.218. The Bertz CT molecular complexity index is 827. The summed E-state index contributed by atoms with van der Waals surface area (Å²) in [6, 6.07) is 11.6. The lowest BCUT2D eigenvalue weighted by Crippen LogP contribution is -2.01. The van der Waals surface area contributed by atoms with E-state index in [0.717, 1.165) is 26.1 Å². The molecule has 0 spiro atoms. The van der Waals surface area contributed by atoms with Crippen molar-refractivity contribution in [3.05, 3.63) is 55.8 Å². The minimum atomic E-state index is -0.218. The molecule has 108 valence electrons. The van der Waals surface area contributed by atoms with Crippen LogP contribution in [0.1, 0.15) is 18.1 Å². The zero-order chi connectivity index (χ0) is 15.1. The number of benzene rings is 2. The highest BCUT2D eigenvalue weighted by Gasteiger charge is 2.17. The summed E-state index contributed by atoms with van der Waals surface area (Å²) < 4.78 is 3.15. The zero-order valence-corrected chi connectivity index (χ0v) is 15.4. The molecule has 21 heavy (non-hydrogen) atoms. The van der Waals surface area contributed by atoms with Crippen molar-refractivity contribution in [3.63, 3.8) is 0 Å². The maximum absolute atomic E-state index is 6.30. The minimum Gasteiger partial charge on any atom is -0.295 e. The molecule has 0 amide bonds. The third-order valence-corrected chi connectivity index (χ3v) is 4.76. The summed E-state index contributed by atoms with van der Waals surface area (Å²) >= 11 is 20.7. The first-order chi connectivity index (χ1) is 9.97. The van der Waals surface area contributed by atoms with Crippen LogP contribution in [0.15, 0.2) is 36.4 Å². The van der Waals surface area contributed by atoms with Crippen molar-refractivity contribution in [2.75, 3.05) is 0 Å². The van der Waals surface area contributed by atoms with Crippen LogP contribution in [0.3, 0.4) is 0 Å². The average molecular weight is 452 g/mol. The SMILES string of the molecule is CC(Cl)c1nc2cc(I)ccc2n1-c1ccc(Cl)c(Cl)c1. The van der Waals surface area contributed by atoms with Gasteiger partial charge in [-0.1, -0.05) is 23.2 Å². The fourth-order valence-corrected chi connectivity index (χ4v) is 3.15. The highest BCUT2D eigenvalue weighted by Crippen LogP contribution is 2.31. The maximum atomic E-state index is 6.30. The second-order valence-corrected chi connectivity index (χ2v) is 7.37. The number of nitrogens with zero attached hydrogens (tertiary/aromatic N) is 2. The number of alkyl halides is 1. The molecule has 0 fully saturated rings. The van der Waals surface area contributed by atoms with Gasteiger partial charge in [-0.25, -0.2) is 4.98 Å². The van der Waals surface area contributed by atoms with Gasteiger partial charge in [0.2, 0.25) is 0 Å². The van der Waals surface area contributed by atoms with Crippen molar-refractivity contribution in [1.82, 2.24) is 9.55 Å². The Kier molecular flexibility index (Phi) is 4.37. The Morgan fingerprint density at radius 1 is 1.10 bits per heavy atom. The lowest BCUT2D eigenvalue weighted by molar-refractivity contribution is 0.882. The number of aromatic nitrogens is 2. The van der Waals surface area contributed by atoms with E-state index in [-0.39, 0.29) is 5.38 Å². The summed E-state index contributed by atoms with van der Waals surface area (Å²) in [7, 11) is 0. The van der Waals surface area contributed by atoms with Crippen molar-refractivity contribution < 1.29 is 0 Å². The van der Waals surface area contributed by atoms with Crippen molar-refractivity contribution in [3.8, 4) is 5.69 Å². The van der Waals surface area contributed by atoms with E-state index in [1.165, 1.54) is 0 Å². The number of hydrogen-bond acceptors (Lipinski definition) is 1.